The molecule has 1 aromatic heterocycles. The van der Waals surface area contributed by atoms with E-state index in [1.807, 2.05) is 0 Å². The zero-order valence-electron chi connectivity index (χ0n) is 7.95. The first-order valence-electron chi connectivity index (χ1n) is 4.45. The highest BCUT2D eigenvalue weighted by Gasteiger charge is 2.19. The summed E-state index contributed by atoms with van der Waals surface area (Å²) < 4.78 is 31.6. The molecule has 84 valence electrons. The van der Waals surface area contributed by atoms with Gasteiger partial charge < -0.3 is 9.52 Å². The van der Waals surface area contributed by atoms with Gasteiger partial charge in [-0.3, -0.25) is 0 Å². The fourth-order valence-electron chi connectivity index (χ4n) is 1.35. The van der Waals surface area contributed by atoms with Crippen LogP contribution >= 0.6 is 15.9 Å². The minimum absolute atomic E-state index is 0.0143. The molecule has 0 aliphatic carbocycles. The van der Waals surface area contributed by atoms with E-state index < -0.39 is 17.7 Å². The lowest BCUT2D eigenvalue weighted by Gasteiger charge is -2.10. The lowest BCUT2D eigenvalue weighted by Crippen LogP contribution is -2.02. The van der Waals surface area contributed by atoms with Crippen molar-refractivity contribution in [2.24, 2.45) is 0 Å². The molecule has 16 heavy (non-hydrogen) atoms. The van der Waals surface area contributed by atoms with Crippen LogP contribution in [0.5, 0.6) is 0 Å². The van der Waals surface area contributed by atoms with Gasteiger partial charge in [-0.25, -0.2) is 8.78 Å². The Morgan fingerprint density at radius 3 is 2.62 bits per heavy atom. The lowest BCUT2D eigenvalue weighted by molar-refractivity contribution is 0.184. The molecule has 0 aliphatic heterocycles. The Morgan fingerprint density at radius 1 is 1.25 bits per heavy atom. The predicted octanol–water partition coefficient (Wildman–Crippen LogP) is 3.40. The van der Waals surface area contributed by atoms with Crippen LogP contribution in [-0.2, 0) is 0 Å². The van der Waals surface area contributed by atoms with Crippen molar-refractivity contribution < 1.29 is 18.3 Å². The molecule has 0 spiro atoms. The lowest BCUT2D eigenvalue weighted by atomic mass is 10.1. The van der Waals surface area contributed by atoms with Gasteiger partial charge in [0.1, 0.15) is 23.5 Å². The van der Waals surface area contributed by atoms with Gasteiger partial charge in [-0.2, -0.15) is 0 Å². The number of halogens is 3. The highest BCUT2D eigenvalue weighted by molar-refractivity contribution is 9.10. The quantitative estimate of drug-likeness (QED) is 0.860. The molecule has 1 unspecified atom stereocenters. The van der Waals surface area contributed by atoms with Gasteiger partial charge >= 0.3 is 0 Å². The van der Waals surface area contributed by atoms with Gasteiger partial charge in [0.2, 0.25) is 0 Å². The van der Waals surface area contributed by atoms with Crippen LogP contribution in [0.4, 0.5) is 8.78 Å². The van der Waals surface area contributed by atoms with Gasteiger partial charge in [0.25, 0.3) is 0 Å². The van der Waals surface area contributed by atoms with Crippen LogP contribution in [0.25, 0.3) is 0 Å². The second-order valence-corrected chi connectivity index (χ2v) is 4.06. The highest BCUT2D eigenvalue weighted by atomic mass is 79.9. The molecule has 5 heteroatoms. The molecule has 2 aromatic rings. The zero-order valence-corrected chi connectivity index (χ0v) is 9.54. The Balaban J connectivity index is 2.44. The number of rotatable bonds is 2. The van der Waals surface area contributed by atoms with Crippen LogP contribution in [0.1, 0.15) is 17.4 Å². The predicted molar refractivity (Wildman–Crippen MR) is 56.8 cm³/mol. The summed E-state index contributed by atoms with van der Waals surface area (Å²) in [6.07, 6.45) is 0.0451. The Labute approximate surface area is 98.6 Å². The zero-order chi connectivity index (χ0) is 11.7. The van der Waals surface area contributed by atoms with Crippen molar-refractivity contribution in [3.63, 3.8) is 0 Å². The topological polar surface area (TPSA) is 33.4 Å². The molecule has 1 N–H and O–H groups in total. The average Bonchev–Trinajstić information content (AvgIpc) is 2.75. The van der Waals surface area contributed by atoms with Crippen LogP contribution < -0.4 is 0 Å². The van der Waals surface area contributed by atoms with Gasteiger partial charge in [-0.1, -0.05) is 0 Å². The molecule has 2 rings (SSSR count). The fourth-order valence-corrected chi connectivity index (χ4v) is 1.66. The normalized spacial score (nSPS) is 12.8. The van der Waals surface area contributed by atoms with E-state index in [1.165, 1.54) is 12.3 Å². The third-order valence-electron chi connectivity index (χ3n) is 2.15. The minimum atomic E-state index is -1.31. The number of furan rings is 1. The first kappa shape index (κ1) is 11.3. The summed E-state index contributed by atoms with van der Waals surface area (Å²) in [5.74, 6) is -1.17. The summed E-state index contributed by atoms with van der Waals surface area (Å²) in [5, 5.41) is 9.76. The van der Waals surface area contributed by atoms with Crippen molar-refractivity contribution in [3.8, 4) is 0 Å². The van der Waals surface area contributed by atoms with E-state index in [0.29, 0.717) is 0 Å². The summed E-state index contributed by atoms with van der Waals surface area (Å²) in [7, 11) is 0. The first-order chi connectivity index (χ1) is 7.59. The number of aliphatic hydroxyl groups excluding tert-OH is 1. The molecule has 2 nitrogen and oxygen atoms in total. The standard InChI is InChI=1S/C11H7BrF2O2/c12-7-5-8(13)6(4-9(7)14)11(15)10-2-1-3-16-10/h1-5,11,15H. The number of hydrogen-bond donors (Lipinski definition) is 1. The van der Waals surface area contributed by atoms with Crippen molar-refractivity contribution >= 4 is 15.9 Å². The van der Waals surface area contributed by atoms with Crippen LogP contribution in [0.2, 0.25) is 0 Å². The van der Waals surface area contributed by atoms with Gasteiger partial charge in [-0.05, 0) is 40.2 Å². The summed E-state index contributed by atoms with van der Waals surface area (Å²) in [5.41, 5.74) is -0.157. The van der Waals surface area contributed by atoms with Crippen LogP contribution in [-0.4, -0.2) is 5.11 Å². The van der Waals surface area contributed by atoms with E-state index in [4.69, 9.17) is 4.42 Å². The maximum atomic E-state index is 13.5. The monoisotopic (exact) mass is 288 g/mol. The third-order valence-corrected chi connectivity index (χ3v) is 2.75. The number of aliphatic hydroxyl groups is 1. The van der Waals surface area contributed by atoms with Crippen LogP contribution in [0.3, 0.4) is 0 Å². The van der Waals surface area contributed by atoms with Crippen molar-refractivity contribution in [2.75, 3.05) is 0 Å². The second-order valence-electron chi connectivity index (χ2n) is 3.21. The second kappa shape index (κ2) is 4.35. The molecular weight excluding hydrogens is 282 g/mol. The Kier molecular flexibility index (Phi) is 3.07. The summed E-state index contributed by atoms with van der Waals surface area (Å²) >= 11 is 2.86. The summed E-state index contributed by atoms with van der Waals surface area (Å²) in [6, 6.07) is 4.96. The van der Waals surface area contributed by atoms with Crippen LogP contribution in [0, 0.1) is 11.6 Å². The van der Waals surface area contributed by atoms with Gasteiger partial charge in [0.05, 0.1) is 10.7 Å². The molecular formula is C11H7BrF2O2. The van der Waals surface area contributed by atoms with E-state index >= 15 is 0 Å². The maximum absolute atomic E-state index is 13.5. The van der Waals surface area contributed by atoms with Crippen molar-refractivity contribution in [2.45, 2.75) is 6.10 Å². The van der Waals surface area contributed by atoms with Crippen molar-refractivity contribution in [3.05, 3.63) is 58.0 Å². The highest BCUT2D eigenvalue weighted by Crippen LogP contribution is 2.28. The van der Waals surface area contributed by atoms with Crippen molar-refractivity contribution in [1.82, 2.24) is 0 Å². The molecule has 0 amide bonds. The SMILES string of the molecule is OC(c1ccco1)c1cc(F)c(Br)cc1F. The molecule has 0 saturated carbocycles. The molecule has 1 heterocycles. The van der Waals surface area contributed by atoms with Gasteiger partial charge in [-0.15, -0.1) is 0 Å². The Hall–Kier alpha value is -1.20. The number of benzene rings is 1. The van der Waals surface area contributed by atoms with Crippen molar-refractivity contribution in [1.29, 1.82) is 0 Å². The fraction of sp³-hybridized carbons (Fsp3) is 0.0909. The molecule has 0 aliphatic rings. The molecule has 0 fully saturated rings. The minimum Gasteiger partial charge on any atom is -0.466 e. The van der Waals surface area contributed by atoms with E-state index in [2.05, 4.69) is 15.9 Å². The molecule has 1 aromatic carbocycles. The Morgan fingerprint density at radius 2 is 2.00 bits per heavy atom. The molecule has 0 radical (unpaired) electrons. The molecule has 1 atom stereocenters. The maximum Gasteiger partial charge on any atom is 0.140 e. The smallest absolute Gasteiger partial charge is 0.140 e. The van der Waals surface area contributed by atoms with Crippen LogP contribution in [0.15, 0.2) is 39.4 Å². The largest absolute Gasteiger partial charge is 0.466 e. The Bertz CT molecular complexity index is 497. The van der Waals surface area contributed by atoms with Gasteiger partial charge in [0, 0.05) is 5.56 Å². The molecule has 0 saturated heterocycles. The molecule has 0 bridgehead atoms. The average molecular weight is 289 g/mol. The third kappa shape index (κ3) is 2.01. The summed E-state index contributed by atoms with van der Waals surface area (Å²) in [4.78, 5) is 0. The van der Waals surface area contributed by atoms with E-state index in [1.54, 1.807) is 6.07 Å². The van der Waals surface area contributed by atoms with E-state index in [-0.39, 0.29) is 15.8 Å². The number of hydrogen-bond acceptors (Lipinski definition) is 2. The van der Waals surface area contributed by atoms with E-state index in [0.717, 1.165) is 12.1 Å². The van der Waals surface area contributed by atoms with Gasteiger partial charge in [0.15, 0.2) is 0 Å². The first-order valence-corrected chi connectivity index (χ1v) is 5.25. The van der Waals surface area contributed by atoms with E-state index in [9.17, 15) is 13.9 Å². The summed E-state index contributed by atoms with van der Waals surface area (Å²) in [6.45, 7) is 0.